The summed E-state index contributed by atoms with van der Waals surface area (Å²) in [7, 11) is 0. The molecule has 2 aromatic rings. The molecule has 0 aliphatic carbocycles. The first-order valence-corrected chi connectivity index (χ1v) is 6.32. The number of para-hydroxylation sites is 1. The largest absolute Gasteiger partial charge is 0.464 e. The molecule has 0 radical (unpaired) electrons. The number of benzene rings is 1. The Morgan fingerprint density at radius 1 is 1.28 bits per heavy atom. The minimum Gasteiger partial charge on any atom is -0.464 e. The summed E-state index contributed by atoms with van der Waals surface area (Å²) in [5.74, 6) is 0. The fourth-order valence-corrected chi connectivity index (χ4v) is 1.82. The zero-order valence-electron chi connectivity index (χ0n) is 11.2. The minimum absolute atomic E-state index is 0.0918. The highest BCUT2D eigenvalue weighted by Crippen LogP contribution is 2.21. The summed E-state index contributed by atoms with van der Waals surface area (Å²) < 4.78 is 5.47. The van der Waals surface area contributed by atoms with E-state index in [2.05, 4.69) is 11.4 Å². The van der Waals surface area contributed by atoms with Crippen LogP contribution in [0, 0.1) is 5.41 Å². The van der Waals surface area contributed by atoms with Crippen LogP contribution in [0.5, 0.6) is 0 Å². The summed E-state index contributed by atoms with van der Waals surface area (Å²) >= 11 is 0. The fraction of sp³-hybridized carbons (Fsp3) is 0.467. The third-order valence-electron chi connectivity index (χ3n) is 3.21. The SMILES string of the molecule is CC(C)(C)C(O)CNCc1coc2ccccc12. The summed E-state index contributed by atoms with van der Waals surface area (Å²) in [6, 6.07) is 7.98. The van der Waals surface area contributed by atoms with Crippen LogP contribution in [-0.4, -0.2) is 17.8 Å². The lowest BCUT2D eigenvalue weighted by atomic mass is 9.89. The number of hydrogen-bond acceptors (Lipinski definition) is 3. The first-order valence-electron chi connectivity index (χ1n) is 6.32. The Bertz CT molecular complexity index is 510. The van der Waals surface area contributed by atoms with Crippen molar-refractivity contribution in [1.82, 2.24) is 5.32 Å². The topological polar surface area (TPSA) is 45.4 Å². The van der Waals surface area contributed by atoms with Crippen LogP contribution in [0.2, 0.25) is 0 Å². The van der Waals surface area contributed by atoms with Gasteiger partial charge in [0.15, 0.2) is 0 Å². The van der Waals surface area contributed by atoms with E-state index in [0.29, 0.717) is 13.1 Å². The molecular weight excluding hydrogens is 226 g/mol. The van der Waals surface area contributed by atoms with Crippen LogP contribution in [0.4, 0.5) is 0 Å². The maximum Gasteiger partial charge on any atom is 0.134 e. The molecule has 1 unspecified atom stereocenters. The monoisotopic (exact) mass is 247 g/mol. The number of rotatable bonds is 4. The van der Waals surface area contributed by atoms with E-state index in [4.69, 9.17) is 4.42 Å². The Labute approximate surface area is 108 Å². The number of furan rings is 1. The van der Waals surface area contributed by atoms with Crippen LogP contribution < -0.4 is 5.32 Å². The molecule has 0 bridgehead atoms. The summed E-state index contributed by atoms with van der Waals surface area (Å²) in [4.78, 5) is 0. The zero-order chi connectivity index (χ0) is 13.2. The highest BCUT2D eigenvalue weighted by atomic mass is 16.3. The molecule has 0 amide bonds. The van der Waals surface area contributed by atoms with Gasteiger partial charge in [0, 0.05) is 24.0 Å². The van der Waals surface area contributed by atoms with Gasteiger partial charge < -0.3 is 14.8 Å². The first kappa shape index (κ1) is 13.1. The van der Waals surface area contributed by atoms with Gasteiger partial charge in [0.1, 0.15) is 5.58 Å². The van der Waals surface area contributed by atoms with Gasteiger partial charge in [-0.25, -0.2) is 0 Å². The molecule has 1 aromatic carbocycles. The van der Waals surface area contributed by atoms with E-state index in [9.17, 15) is 5.11 Å². The van der Waals surface area contributed by atoms with Crippen molar-refractivity contribution in [3.8, 4) is 0 Å². The maximum atomic E-state index is 9.94. The van der Waals surface area contributed by atoms with E-state index in [1.807, 2.05) is 39.0 Å². The van der Waals surface area contributed by atoms with Gasteiger partial charge in [-0.05, 0) is 11.5 Å². The maximum absolute atomic E-state index is 9.94. The van der Waals surface area contributed by atoms with Crippen molar-refractivity contribution in [2.45, 2.75) is 33.4 Å². The molecule has 1 atom stereocenters. The molecule has 0 spiro atoms. The Hall–Kier alpha value is -1.32. The molecular formula is C15H21NO2. The molecule has 98 valence electrons. The van der Waals surface area contributed by atoms with E-state index in [0.717, 1.165) is 16.5 Å². The third kappa shape index (κ3) is 2.92. The van der Waals surface area contributed by atoms with Gasteiger partial charge in [0.25, 0.3) is 0 Å². The Balaban J connectivity index is 1.95. The highest BCUT2D eigenvalue weighted by Gasteiger charge is 2.21. The Morgan fingerprint density at radius 3 is 2.72 bits per heavy atom. The minimum atomic E-state index is -0.351. The molecule has 3 nitrogen and oxygen atoms in total. The third-order valence-corrected chi connectivity index (χ3v) is 3.21. The van der Waals surface area contributed by atoms with E-state index in [1.54, 1.807) is 6.26 Å². The molecule has 0 aliphatic heterocycles. The van der Waals surface area contributed by atoms with Crippen molar-refractivity contribution < 1.29 is 9.52 Å². The molecule has 3 heteroatoms. The van der Waals surface area contributed by atoms with E-state index in [1.165, 1.54) is 0 Å². The van der Waals surface area contributed by atoms with Crippen molar-refractivity contribution in [2.24, 2.45) is 5.41 Å². The molecule has 0 saturated carbocycles. The van der Waals surface area contributed by atoms with Gasteiger partial charge in [0.05, 0.1) is 12.4 Å². The second-order valence-electron chi connectivity index (χ2n) is 5.77. The van der Waals surface area contributed by atoms with Crippen LogP contribution in [0.3, 0.4) is 0 Å². The van der Waals surface area contributed by atoms with Crippen molar-refractivity contribution in [1.29, 1.82) is 0 Å². The quantitative estimate of drug-likeness (QED) is 0.873. The summed E-state index contributed by atoms with van der Waals surface area (Å²) in [6.07, 6.45) is 1.43. The van der Waals surface area contributed by atoms with Crippen molar-refractivity contribution in [2.75, 3.05) is 6.54 Å². The van der Waals surface area contributed by atoms with Crippen LogP contribution in [0.1, 0.15) is 26.3 Å². The lowest BCUT2D eigenvalue weighted by molar-refractivity contribution is 0.0628. The molecule has 0 fully saturated rings. The molecule has 1 heterocycles. The van der Waals surface area contributed by atoms with Crippen molar-refractivity contribution in [3.63, 3.8) is 0 Å². The van der Waals surface area contributed by atoms with Gasteiger partial charge in [0.2, 0.25) is 0 Å². The average Bonchev–Trinajstić information content (AvgIpc) is 2.71. The molecule has 0 saturated heterocycles. The van der Waals surface area contributed by atoms with Gasteiger partial charge in [-0.15, -0.1) is 0 Å². The summed E-state index contributed by atoms with van der Waals surface area (Å²) in [5, 5.41) is 14.4. The summed E-state index contributed by atoms with van der Waals surface area (Å²) in [5.41, 5.74) is 1.95. The van der Waals surface area contributed by atoms with Crippen molar-refractivity contribution >= 4 is 11.0 Å². The Morgan fingerprint density at radius 2 is 2.00 bits per heavy atom. The molecule has 1 aromatic heterocycles. The smallest absolute Gasteiger partial charge is 0.134 e. The standard InChI is InChI=1S/C15H21NO2/c1-15(2,3)14(17)9-16-8-11-10-18-13-7-5-4-6-12(11)13/h4-7,10,14,16-17H,8-9H2,1-3H3. The van der Waals surface area contributed by atoms with E-state index >= 15 is 0 Å². The van der Waals surface area contributed by atoms with Gasteiger partial charge >= 0.3 is 0 Å². The van der Waals surface area contributed by atoms with Gasteiger partial charge in [-0.2, -0.15) is 0 Å². The Kier molecular flexibility index (Phi) is 3.73. The predicted octanol–water partition coefficient (Wildman–Crippen LogP) is 2.93. The predicted molar refractivity (Wildman–Crippen MR) is 73.4 cm³/mol. The van der Waals surface area contributed by atoms with Crippen LogP contribution in [0.15, 0.2) is 34.9 Å². The second-order valence-corrected chi connectivity index (χ2v) is 5.77. The zero-order valence-corrected chi connectivity index (χ0v) is 11.2. The molecule has 18 heavy (non-hydrogen) atoms. The van der Waals surface area contributed by atoms with E-state index in [-0.39, 0.29) is 11.5 Å². The van der Waals surface area contributed by atoms with Crippen LogP contribution in [-0.2, 0) is 6.54 Å². The lowest BCUT2D eigenvalue weighted by Crippen LogP contribution is -2.36. The number of hydrogen-bond donors (Lipinski definition) is 2. The average molecular weight is 247 g/mol. The number of fused-ring (bicyclic) bond motifs is 1. The number of nitrogens with one attached hydrogen (secondary N) is 1. The molecule has 2 rings (SSSR count). The number of aliphatic hydroxyl groups excluding tert-OH is 1. The molecule has 2 N–H and O–H groups in total. The number of aliphatic hydroxyl groups is 1. The molecule has 0 aliphatic rings. The van der Waals surface area contributed by atoms with Crippen molar-refractivity contribution in [3.05, 3.63) is 36.1 Å². The van der Waals surface area contributed by atoms with Crippen LogP contribution >= 0.6 is 0 Å². The normalized spacial score (nSPS) is 14.0. The van der Waals surface area contributed by atoms with E-state index < -0.39 is 0 Å². The first-order chi connectivity index (χ1) is 8.48. The second kappa shape index (κ2) is 5.12. The fourth-order valence-electron chi connectivity index (χ4n) is 1.82. The lowest BCUT2D eigenvalue weighted by Gasteiger charge is -2.25. The highest BCUT2D eigenvalue weighted by molar-refractivity contribution is 5.80. The summed E-state index contributed by atoms with van der Waals surface area (Å²) in [6.45, 7) is 7.40. The van der Waals surface area contributed by atoms with Gasteiger partial charge in [-0.3, -0.25) is 0 Å². The van der Waals surface area contributed by atoms with Gasteiger partial charge in [-0.1, -0.05) is 39.0 Å². The van der Waals surface area contributed by atoms with Crippen LogP contribution in [0.25, 0.3) is 11.0 Å².